The second-order valence-corrected chi connectivity index (χ2v) is 5.05. The summed E-state index contributed by atoms with van der Waals surface area (Å²) in [5.41, 5.74) is 2.08. The summed E-state index contributed by atoms with van der Waals surface area (Å²) in [6.07, 6.45) is 1.59. The van der Waals surface area contributed by atoms with Gasteiger partial charge in [0.05, 0.1) is 11.4 Å². The van der Waals surface area contributed by atoms with E-state index in [1.165, 1.54) is 0 Å². The summed E-state index contributed by atoms with van der Waals surface area (Å²) in [5, 5.41) is 2.88. The van der Waals surface area contributed by atoms with Gasteiger partial charge in [0.15, 0.2) is 0 Å². The molecule has 0 spiro atoms. The van der Waals surface area contributed by atoms with E-state index in [1.807, 2.05) is 43.3 Å². The molecular weight excluding hydrogens is 306 g/mol. The van der Waals surface area contributed by atoms with Crippen LogP contribution in [-0.2, 0) is 0 Å². The van der Waals surface area contributed by atoms with Crippen molar-refractivity contribution >= 4 is 33.2 Å². The molecule has 0 saturated heterocycles. The lowest BCUT2D eigenvalue weighted by Gasteiger charge is -2.17. The largest absolute Gasteiger partial charge is 0.376 e. The first-order valence-corrected chi connectivity index (χ1v) is 6.57. The number of carbonyl (C=O) groups excluding carboxylic acids is 1. The van der Waals surface area contributed by atoms with Crippen LogP contribution in [0.4, 0.5) is 11.4 Å². The SMILES string of the molecule is CN(C)c1ccccc1NC(=O)c1ncccc1Br. The number of para-hydroxylation sites is 2. The van der Waals surface area contributed by atoms with Gasteiger partial charge in [0.1, 0.15) is 5.69 Å². The highest BCUT2D eigenvalue weighted by Gasteiger charge is 2.13. The van der Waals surface area contributed by atoms with Crippen LogP contribution < -0.4 is 10.2 Å². The highest BCUT2D eigenvalue weighted by Crippen LogP contribution is 2.24. The molecule has 0 aliphatic rings. The highest BCUT2D eigenvalue weighted by atomic mass is 79.9. The molecule has 0 aliphatic heterocycles. The van der Waals surface area contributed by atoms with Crippen molar-refractivity contribution in [1.29, 1.82) is 0 Å². The molecule has 4 nitrogen and oxygen atoms in total. The zero-order chi connectivity index (χ0) is 13.8. The van der Waals surface area contributed by atoms with Gasteiger partial charge in [-0.05, 0) is 40.2 Å². The fraction of sp³-hybridized carbons (Fsp3) is 0.143. The van der Waals surface area contributed by atoms with Crippen molar-refractivity contribution in [2.24, 2.45) is 0 Å². The molecule has 0 saturated carbocycles. The minimum Gasteiger partial charge on any atom is -0.376 e. The predicted molar refractivity (Wildman–Crippen MR) is 80.7 cm³/mol. The van der Waals surface area contributed by atoms with Gasteiger partial charge in [0.2, 0.25) is 0 Å². The molecule has 1 aromatic carbocycles. The first-order chi connectivity index (χ1) is 9.09. The van der Waals surface area contributed by atoms with Gasteiger partial charge < -0.3 is 10.2 Å². The van der Waals surface area contributed by atoms with Crippen LogP contribution in [0, 0.1) is 0 Å². The third-order valence-electron chi connectivity index (χ3n) is 2.61. The van der Waals surface area contributed by atoms with E-state index in [4.69, 9.17) is 0 Å². The van der Waals surface area contributed by atoms with Crippen LogP contribution in [-0.4, -0.2) is 25.0 Å². The van der Waals surface area contributed by atoms with E-state index in [0.29, 0.717) is 10.2 Å². The van der Waals surface area contributed by atoms with Crippen molar-refractivity contribution in [3.8, 4) is 0 Å². The topological polar surface area (TPSA) is 45.2 Å². The number of nitrogens with one attached hydrogen (secondary N) is 1. The number of pyridine rings is 1. The Kier molecular flexibility index (Phi) is 4.16. The third-order valence-corrected chi connectivity index (χ3v) is 3.25. The third kappa shape index (κ3) is 3.12. The molecule has 0 fully saturated rings. The average molecular weight is 320 g/mol. The average Bonchev–Trinajstić information content (AvgIpc) is 2.39. The van der Waals surface area contributed by atoms with E-state index in [9.17, 15) is 4.79 Å². The second-order valence-electron chi connectivity index (χ2n) is 4.20. The molecule has 5 heteroatoms. The molecule has 1 aromatic heterocycles. The minimum absolute atomic E-state index is 0.234. The predicted octanol–water partition coefficient (Wildman–Crippen LogP) is 3.16. The molecule has 0 unspecified atom stereocenters. The Morgan fingerprint density at radius 3 is 2.63 bits per heavy atom. The minimum atomic E-state index is -0.234. The zero-order valence-corrected chi connectivity index (χ0v) is 12.3. The molecule has 1 amide bonds. The number of halogens is 1. The number of aromatic nitrogens is 1. The van der Waals surface area contributed by atoms with Gasteiger partial charge in [-0.25, -0.2) is 4.98 Å². The molecule has 0 atom stereocenters. The Balaban J connectivity index is 2.27. The molecule has 0 radical (unpaired) electrons. The Morgan fingerprint density at radius 1 is 1.21 bits per heavy atom. The number of anilines is 2. The number of carbonyl (C=O) groups is 1. The molecule has 2 aromatic rings. The van der Waals surface area contributed by atoms with Crippen molar-refractivity contribution in [2.45, 2.75) is 0 Å². The van der Waals surface area contributed by atoms with E-state index in [-0.39, 0.29) is 5.91 Å². The maximum Gasteiger partial charge on any atom is 0.275 e. The van der Waals surface area contributed by atoms with Crippen LogP contribution in [0.25, 0.3) is 0 Å². The van der Waals surface area contributed by atoms with Crippen LogP contribution in [0.2, 0.25) is 0 Å². The first kappa shape index (κ1) is 13.5. The summed E-state index contributed by atoms with van der Waals surface area (Å²) in [4.78, 5) is 18.2. The van der Waals surface area contributed by atoms with E-state index >= 15 is 0 Å². The van der Waals surface area contributed by atoms with Crippen molar-refractivity contribution < 1.29 is 4.79 Å². The van der Waals surface area contributed by atoms with Gasteiger partial charge in [-0.15, -0.1) is 0 Å². The van der Waals surface area contributed by atoms with Gasteiger partial charge in [0.25, 0.3) is 5.91 Å². The summed E-state index contributed by atoms with van der Waals surface area (Å²) in [6.45, 7) is 0. The monoisotopic (exact) mass is 319 g/mol. The van der Waals surface area contributed by atoms with E-state index in [1.54, 1.807) is 18.3 Å². The zero-order valence-electron chi connectivity index (χ0n) is 10.7. The lowest BCUT2D eigenvalue weighted by atomic mass is 10.2. The molecule has 0 bridgehead atoms. The summed E-state index contributed by atoms with van der Waals surface area (Å²) >= 11 is 3.32. The number of hydrogen-bond acceptors (Lipinski definition) is 3. The van der Waals surface area contributed by atoms with Gasteiger partial charge in [-0.3, -0.25) is 4.79 Å². The lowest BCUT2D eigenvalue weighted by Crippen LogP contribution is -2.17. The Hall–Kier alpha value is -1.88. The van der Waals surface area contributed by atoms with Crippen LogP contribution in [0.3, 0.4) is 0 Å². The molecule has 2 rings (SSSR count). The van der Waals surface area contributed by atoms with Crippen molar-refractivity contribution in [3.05, 3.63) is 52.8 Å². The Morgan fingerprint density at radius 2 is 1.95 bits per heavy atom. The van der Waals surface area contributed by atoms with Gasteiger partial charge in [0, 0.05) is 24.8 Å². The maximum atomic E-state index is 12.2. The highest BCUT2D eigenvalue weighted by molar-refractivity contribution is 9.10. The molecule has 1 N–H and O–H groups in total. The molecule has 19 heavy (non-hydrogen) atoms. The van der Waals surface area contributed by atoms with Crippen LogP contribution in [0.1, 0.15) is 10.5 Å². The maximum absolute atomic E-state index is 12.2. The standard InChI is InChI=1S/C14H14BrN3O/c1-18(2)12-8-4-3-7-11(12)17-14(19)13-10(15)6-5-9-16-13/h3-9H,1-2H3,(H,17,19). The van der Waals surface area contributed by atoms with Gasteiger partial charge in [-0.2, -0.15) is 0 Å². The summed E-state index contributed by atoms with van der Waals surface area (Å²) in [6, 6.07) is 11.2. The summed E-state index contributed by atoms with van der Waals surface area (Å²) in [7, 11) is 3.86. The number of rotatable bonds is 3. The van der Waals surface area contributed by atoms with Crippen molar-refractivity contribution in [3.63, 3.8) is 0 Å². The Bertz CT molecular complexity index is 599. The van der Waals surface area contributed by atoms with Crippen molar-refractivity contribution in [2.75, 3.05) is 24.3 Å². The van der Waals surface area contributed by atoms with Crippen molar-refractivity contribution in [1.82, 2.24) is 4.98 Å². The van der Waals surface area contributed by atoms with Crippen LogP contribution in [0.5, 0.6) is 0 Å². The second kappa shape index (κ2) is 5.84. The fourth-order valence-corrected chi connectivity index (χ4v) is 2.14. The Labute approximate surface area is 120 Å². The molecular formula is C14H14BrN3O. The molecule has 0 aliphatic carbocycles. The number of benzene rings is 1. The van der Waals surface area contributed by atoms with E-state index in [2.05, 4.69) is 26.2 Å². The number of amides is 1. The molecule has 98 valence electrons. The normalized spacial score (nSPS) is 10.1. The van der Waals surface area contributed by atoms with Gasteiger partial charge >= 0.3 is 0 Å². The van der Waals surface area contributed by atoms with E-state index in [0.717, 1.165) is 11.4 Å². The summed E-state index contributed by atoms with van der Waals surface area (Å²) < 4.78 is 0.676. The van der Waals surface area contributed by atoms with Crippen LogP contribution >= 0.6 is 15.9 Å². The lowest BCUT2D eigenvalue weighted by molar-refractivity contribution is 0.102. The molecule has 1 heterocycles. The number of hydrogen-bond donors (Lipinski definition) is 1. The first-order valence-electron chi connectivity index (χ1n) is 5.78. The van der Waals surface area contributed by atoms with E-state index < -0.39 is 0 Å². The number of nitrogens with zero attached hydrogens (tertiary/aromatic N) is 2. The smallest absolute Gasteiger partial charge is 0.275 e. The van der Waals surface area contributed by atoms with Gasteiger partial charge in [-0.1, -0.05) is 12.1 Å². The quantitative estimate of drug-likeness (QED) is 0.945. The summed E-state index contributed by atoms with van der Waals surface area (Å²) in [5.74, 6) is -0.234. The fourth-order valence-electron chi connectivity index (χ4n) is 1.70. The van der Waals surface area contributed by atoms with Crippen LogP contribution in [0.15, 0.2) is 47.1 Å².